The lowest BCUT2D eigenvalue weighted by Crippen LogP contribution is -2.31. The molecule has 1 heterocycles. The van der Waals surface area contributed by atoms with Gasteiger partial charge in [0.25, 0.3) is 0 Å². The van der Waals surface area contributed by atoms with Crippen molar-refractivity contribution in [1.82, 2.24) is 9.97 Å². The molecule has 114 valence electrons. The molecule has 0 aromatic carbocycles. The highest BCUT2D eigenvalue weighted by Gasteiger charge is 2.33. The van der Waals surface area contributed by atoms with Gasteiger partial charge in [-0.3, -0.25) is 0 Å². The number of ether oxygens (including phenoxy) is 1. The molecule has 0 spiro atoms. The van der Waals surface area contributed by atoms with Crippen LogP contribution in [0.3, 0.4) is 0 Å². The first kappa shape index (κ1) is 16.9. The van der Waals surface area contributed by atoms with Crippen molar-refractivity contribution in [2.24, 2.45) is 0 Å². The van der Waals surface area contributed by atoms with Crippen molar-refractivity contribution in [2.45, 2.75) is 66.4 Å². The third-order valence-corrected chi connectivity index (χ3v) is 3.90. The molecular formula is C16H29N3O. The molecule has 0 aliphatic heterocycles. The number of rotatable bonds is 8. The summed E-state index contributed by atoms with van der Waals surface area (Å²) in [7, 11) is 0. The molecule has 0 fully saturated rings. The molecule has 0 radical (unpaired) electrons. The average molecular weight is 279 g/mol. The fraction of sp³-hybridized carbons (Fsp3) is 0.750. The molecule has 1 rings (SSSR count). The Morgan fingerprint density at radius 3 is 2.20 bits per heavy atom. The lowest BCUT2D eigenvalue weighted by Gasteiger charge is -2.30. The summed E-state index contributed by atoms with van der Waals surface area (Å²) in [6.07, 6.45) is 2.84. The number of anilines is 1. The molecule has 0 saturated heterocycles. The van der Waals surface area contributed by atoms with Crippen LogP contribution in [-0.2, 0) is 10.3 Å². The number of aromatic nitrogens is 2. The van der Waals surface area contributed by atoms with Crippen molar-refractivity contribution in [1.29, 1.82) is 0 Å². The van der Waals surface area contributed by atoms with Crippen LogP contribution >= 0.6 is 0 Å². The lowest BCUT2D eigenvalue weighted by molar-refractivity contribution is -0.0571. The van der Waals surface area contributed by atoms with Gasteiger partial charge in [-0.25, -0.2) is 9.97 Å². The SMILES string of the molecule is CCCNc1nc(C(CC)(CC)OCC)nc(C)c1C. The summed E-state index contributed by atoms with van der Waals surface area (Å²) in [5.41, 5.74) is 1.79. The summed E-state index contributed by atoms with van der Waals surface area (Å²) in [6, 6.07) is 0. The first-order valence-electron chi connectivity index (χ1n) is 7.78. The molecule has 1 aromatic heterocycles. The van der Waals surface area contributed by atoms with Crippen molar-refractivity contribution in [2.75, 3.05) is 18.5 Å². The molecule has 0 aliphatic rings. The molecule has 20 heavy (non-hydrogen) atoms. The third kappa shape index (κ3) is 3.48. The molecule has 1 aromatic rings. The monoisotopic (exact) mass is 279 g/mol. The Hall–Kier alpha value is -1.16. The van der Waals surface area contributed by atoms with Gasteiger partial charge in [0, 0.05) is 24.4 Å². The van der Waals surface area contributed by atoms with Crippen molar-refractivity contribution in [3.8, 4) is 0 Å². The maximum atomic E-state index is 6.02. The summed E-state index contributed by atoms with van der Waals surface area (Å²) >= 11 is 0. The van der Waals surface area contributed by atoms with E-state index in [1.807, 2.05) is 13.8 Å². The minimum Gasteiger partial charge on any atom is -0.370 e. The van der Waals surface area contributed by atoms with Gasteiger partial charge in [0.2, 0.25) is 0 Å². The number of aryl methyl sites for hydroxylation is 1. The molecule has 0 amide bonds. The standard InChI is InChI=1S/C16H29N3O/c1-7-11-17-14-12(5)13(6)18-15(19-14)16(8-2,9-3)20-10-4/h7-11H2,1-6H3,(H,17,18,19). The smallest absolute Gasteiger partial charge is 0.162 e. The second kappa shape index (κ2) is 7.58. The number of nitrogens with one attached hydrogen (secondary N) is 1. The Kier molecular flexibility index (Phi) is 6.40. The average Bonchev–Trinajstić information content (AvgIpc) is 2.46. The Morgan fingerprint density at radius 1 is 1.05 bits per heavy atom. The molecule has 1 N–H and O–H groups in total. The molecule has 0 saturated carbocycles. The van der Waals surface area contributed by atoms with Crippen LogP contribution in [0.1, 0.15) is 64.0 Å². The van der Waals surface area contributed by atoms with E-state index in [4.69, 9.17) is 14.7 Å². The molecule has 0 bridgehead atoms. The van der Waals surface area contributed by atoms with Crippen LogP contribution in [0.2, 0.25) is 0 Å². The lowest BCUT2D eigenvalue weighted by atomic mass is 9.95. The van der Waals surface area contributed by atoms with Crippen LogP contribution in [0.15, 0.2) is 0 Å². The minimum absolute atomic E-state index is 0.365. The predicted molar refractivity (Wildman–Crippen MR) is 84.2 cm³/mol. The first-order chi connectivity index (χ1) is 9.54. The number of hydrogen-bond acceptors (Lipinski definition) is 4. The van der Waals surface area contributed by atoms with Gasteiger partial charge in [-0.2, -0.15) is 0 Å². The van der Waals surface area contributed by atoms with Gasteiger partial charge in [-0.1, -0.05) is 20.8 Å². The molecule has 4 nitrogen and oxygen atoms in total. The van der Waals surface area contributed by atoms with Crippen molar-refractivity contribution >= 4 is 5.82 Å². The zero-order chi connectivity index (χ0) is 15.2. The molecule has 0 unspecified atom stereocenters. The minimum atomic E-state index is -0.365. The highest BCUT2D eigenvalue weighted by molar-refractivity contribution is 5.45. The largest absolute Gasteiger partial charge is 0.370 e. The van der Waals surface area contributed by atoms with Gasteiger partial charge >= 0.3 is 0 Å². The van der Waals surface area contributed by atoms with E-state index in [0.29, 0.717) is 6.61 Å². The van der Waals surface area contributed by atoms with Crippen LogP contribution in [0.25, 0.3) is 0 Å². The van der Waals surface area contributed by atoms with Crippen LogP contribution < -0.4 is 5.32 Å². The molecule has 4 heteroatoms. The van der Waals surface area contributed by atoms with Crippen molar-refractivity contribution in [3.63, 3.8) is 0 Å². The Bertz CT molecular complexity index is 428. The van der Waals surface area contributed by atoms with E-state index in [1.165, 1.54) is 0 Å². The van der Waals surface area contributed by atoms with Crippen molar-refractivity contribution < 1.29 is 4.74 Å². The van der Waals surface area contributed by atoms with Gasteiger partial charge in [-0.05, 0) is 40.0 Å². The van der Waals surface area contributed by atoms with Gasteiger partial charge in [-0.15, -0.1) is 0 Å². The molecular weight excluding hydrogens is 250 g/mol. The number of hydrogen-bond donors (Lipinski definition) is 1. The molecule has 0 aliphatic carbocycles. The van der Waals surface area contributed by atoms with Crippen LogP contribution in [0, 0.1) is 13.8 Å². The fourth-order valence-electron chi connectivity index (χ4n) is 2.36. The summed E-state index contributed by atoms with van der Waals surface area (Å²) in [5, 5.41) is 3.40. The number of nitrogens with zero attached hydrogens (tertiary/aromatic N) is 2. The topological polar surface area (TPSA) is 47.0 Å². The summed E-state index contributed by atoms with van der Waals surface area (Å²) in [4.78, 5) is 9.45. The van der Waals surface area contributed by atoms with E-state index in [1.54, 1.807) is 0 Å². The van der Waals surface area contributed by atoms with Crippen molar-refractivity contribution in [3.05, 3.63) is 17.1 Å². The van der Waals surface area contributed by atoms with Crippen LogP contribution in [-0.4, -0.2) is 23.1 Å². The van der Waals surface area contributed by atoms with E-state index in [9.17, 15) is 0 Å². The highest BCUT2D eigenvalue weighted by Crippen LogP contribution is 2.32. The zero-order valence-corrected chi connectivity index (χ0v) is 13.8. The van der Waals surface area contributed by atoms with E-state index >= 15 is 0 Å². The van der Waals surface area contributed by atoms with Gasteiger partial charge in [0.1, 0.15) is 11.4 Å². The Labute approximate surface area is 123 Å². The zero-order valence-electron chi connectivity index (χ0n) is 13.8. The second-order valence-electron chi connectivity index (χ2n) is 5.17. The Morgan fingerprint density at radius 2 is 1.70 bits per heavy atom. The van der Waals surface area contributed by atoms with Gasteiger partial charge < -0.3 is 10.1 Å². The normalized spacial score (nSPS) is 11.7. The van der Waals surface area contributed by atoms with Crippen LogP contribution in [0.4, 0.5) is 5.82 Å². The highest BCUT2D eigenvalue weighted by atomic mass is 16.5. The maximum Gasteiger partial charge on any atom is 0.162 e. The van der Waals surface area contributed by atoms with Crippen LogP contribution in [0.5, 0.6) is 0 Å². The third-order valence-electron chi connectivity index (χ3n) is 3.90. The maximum absolute atomic E-state index is 6.02. The summed E-state index contributed by atoms with van der Waals surface area (Å²) < 4.78 is 6.02. The quantitative estimate of drug-likeness (QED) is 0.782. The summed E-state index contributed by atoms with van der Waals surface area (Å²) in [6.45, 7) is 14.2. The molecule has 0 atom stereocenters. The van der Waals surface area contributed by atoms with E-state index in [0.717, 1.165) is 48.7 Å². The fourth-order valence-corrected chi connectivity index (χ4v) is 2.36. The Balaban J connectivity index is 3.25. The van der Waals surface area contributed by atoms with Gasteiger partial charge in [0.05, 0.1) is 0 Å². The first-order valence-corrected chi connectivity index (χ1v) is 7.78. The predicted octanol–water partition coefficient (Wildman–Crippen LogP) is 3.97. The van der Waals surface area contributed by atoms with E-state index in [-0.39, 0.29) is 5.60 Å². The summed E-state index contributed by atoms with van der Waals surface area (Å²) in [5.74, 6) is 1.76. The van der Waals surface area contributed by atoms with Gasteiger partial charge in [0.15, 0.2) is 5.82 Å². The second-order valence-corrected chi connectivity index (χ2v) is 5.17. The van der Waals surface area contributed by atoms with E-state index < -0.39 is 0 Å². The van der Waals surface area contributed by atoms with E-state index in [2.05, 4.69) is 33.0 Å².